The maximum absolute atomic E-state index is 13.8. The molecular weight excluding hydrogens is 781 g/mol. The number of nitrogens with one attached hydrogen (secondary N) is 2. The molecule has 3 N–H and O–H groups in total. The van der Waals surface area contributed by atoms with Gasteiger partial charge in [-0.15, -0.1) is 6.42 Å². The monoisotopic (exact) mass is 826 g/mol. The number of ether oxygens (including phenoxy) is 2. The lowest BCUT2D eigenvalue weighted by molar-refractivity contribution is 0.0589. The fraction of sp³-hybridized carbons (Fsp3) is 0.268. The van der Waals surface area contributed by atoms with Crippen molar-refractivity contribution < 1.29 is 37.4 Å². The Hall–Kier alpha value is -4.77. The van der Waals surface area contributed by atoms with E-state index < -0.39 is 23.6 Å². The second-order valence-corrected chi connectivity index (χ2v) is 13.0. The highest BCUT2D eigenvalue weighted by Gasteiger charge is 2.18. The number of furan rings is 1. The zero-order valence-electron chi connectivity index (χ0n) is 29.3. The first-order valence-corrected chi connectivity index (χ1v) is 17.0. The van der Waals surface area contributed by atoms with Crippen LogP contribution in [-0.2, 0) is 22.6 Å². The Morgan fingerprint density at radius 2 is 1.29 bits per heavy atom. The molecule has 0 unspecified atom stereocenters. The minimum atomic E-state index is -0.755. The summed E-state index contributed by atoms with van der Waals surface area (Å²) in [7, 11) is 2.42. The Morgan fingerprint density at radius 3 is 1.79 bits per heavy atom. The third kappa shape index (κ3) is 12.8. The van der Waals surface area contributed by atoms with E-state index in [1.54, 1.807) is 28.7 Å². The van der Waals surface area contributed by atoms with Crippen LogP contribution in [0.4, 0.5) is 8.78 Å². The molecule has 0 radical (unpaired) electrons. The van der Waals surface area contributed by atoms with E-state index in [1.807, 2.05) is 36.4 Å². The van der Waals surface area contributed by atoms with Gasteiger partial charge in [0, 0.05) is 41.7 Å². The first kappa shape index (κ1) is 43.4. The van der Waals surface area contributed by atoms with Crippen LogP contribution in [0, 0.1) is 27.5 Å². The Balaban J connectivity index is 0.000000294. The van der Waals surface area contributed by atoms with E-state index in [-0.39, 0.29) is 27.9 Å². The van der Waals surface area contributed by atoms with Crippen molar-refractivity contribution in [1.82, 2.24) is 10.6 Å². The average Bonchev–Trinajstić information content (AvgIpc) is 3.55. The topological polar surface area (TPSA) is 110 Å². The van der Waals surface area contributed by atoms with Crippen molar-refractivity contribution in [2.75, 3.05) is 14.2 Å². The normalized spacial score (nSPS) is 10.3. The highest BCUT2D eigenvalue weighted by molar-refractivity contribution is 14.1. The van der Waals surface area contributed by atoms with Crippen LogP contribution in [0.3, 0.4) is 0 Å². The molecule has 1 aromatic heterocycles. The molecule has 0 aliphatic carbocycles. The molecular formula is C41H45F2IN2O6. The molecule has 0 spiro atoms. The summed E-state index contributed by atoms with van der Waals surface area (Å²) in [6.45, 7) is 10.2. The molecule has 5 rings (SSSR count). The van der Waals surface area contributed by atoms with Crippen molar-refractivity contribution in [3.05, 3.63) is 122 Å². The second kappa shape index (κ2) is 20.9. The summed E-state index contributed by atoms with van der Waals surface area (Å²) in [4.78, 5) is 22.8. The van der Waals surface area contributed by atoms with Crippen LogP contribution in [0.25, 0.3) is 22.3 Å². The van der Waals surface area contributed by atoms with Crippen LogP contribution in [0.1, 0.15) is 72.5 Å². The van der Waals surface area contributed by atoms with Crippen molar-refractivity contribution in [2.45, 2.75) is 60.3 Å². The molecule has 0 atom stereocenters. The predicted octanol–water partition coefficient (Wildman–Crippen LogP) is 9.25. The van der Waals surface area contributed by atoms with Gasteiger partial charge in [-0.3, -0.25) is 0 Å². The average molecular weight is 827 g/mol. The molecule has 11 heteroatoms. The Bertz CT molecular complexity index is 1970. The van der Waals surface area contributed by atoms with Gasteiger partial charge < -0.3 is 29.6 Å². The number of aromatic hydroxyl groups is 1. The number of hydrogen-bond acceptors (Lipinski definition) is 8. The molecule has 0 fully saturated rings. The number of fused-ring (bicyclic) bond motifs is 1. The number of phenols is 1. The Morgan fingerprint density at radius 1 is 0.808 bits per heavy atom. The number of phenolic OH excluding ortho intramolecular Hbond substituents is 1. The number of carbonyl (C=O) groups is 2. The Kier molecular flexibility index (Phi) is 17.5. The number of halogens is 3. The summed E-state index contributed by atoms with van der Waals surface area (Å²) in [5, 5.41) is 16.6. The summed E-state index contributed by atoms with van der Waals surface area (Å²) in [6.07, 6.45) is 5.26. The van der Waals surface area contributed by atoms with Gasteiger partial charge in [-0.2, -0.15) is 0 Å². The van der Waals surface area contributed by atoms with Gasteiger partial charge in [-0.05, 0) is 76.2 Å². The first-order chi connectivity index (χ1) is 24.3. The maximum Gasteiger partial charge on any atom is 0.341 e. The SMILES string of the molecule is C.C#Cc1ccc(CNC(C)C)cc1.COC(=O)c1cc(F)cc(I)c1O.COC(=O)c1cc(F)cc2cc(-c3ccc(CNC(C)C)cc3)oc12. The van der Waals surface area contributed by atoms with E-state index in [0.717, 1.165) is 48.0 Å². The molecule has 0 aliphatic rings. The third-order valence-corrected chi connectivity index (χ3v) is 8.03. The number of esters is 2. The van der Waals surface area contributed by atoms with E-state index >= 15 is 0 Å². The number of terminal acetylenes is 1. The van der Waals surface area contributed by atoms with Crippen LogP contribution < -0.4 is 10.6 Å². The maximum atomic E-state index is 13.8. The zero-order chi connectivity index (χ0) is 37.7. The summed E-state index contributed by atoms with van der Waals surface area (Å²) in [6, 6.07) is 23.2. The molecule has 0 saturated heterocycles. The van der Waals surface area contributed by atoms with E-state index in [9.17, 15) is 23.5 Å². The first-order valence-electron chi connectivity index (χ1n) is 16.0. The molecule has 5 aromatic rings. The van der Waals surface area contributed by atoms with E-state index in [0.29, 0.717) is 28.8 Å². The van der Waals surface area contributed by atoms with E-state index in [4.69, 9.17) is 15.6 Å². The van der Waals surface area contributed by atoms with E-state index in [2.05, 4.69) is 61.1 Å². The van der Waals surface area contributed by atoms with E-state index in [1.165, 1.54) is 25.8 Å². The largest absolute Gasteiger partial charge is 0.506 e. The number of benzene rings is 4. The highest BCUT2D eigenvalue weighted by atomic mass is 127. The highest BCUT2D eigenvalue weighted by Crippen LogP contribution is 2.31. The number of carbonyl (C=O) groups excluding carboxylic acids is 2. The molecule has 52 heavy (non-hydrogen) atoms. The number of methoxy groups -OCH3 is 2. The molecule has 0 aliphatic heterocycles. The third-order valence-electron chi connectivity index (χ3n) is 7.21. The lowest BCUT2D eigenvalue weighted by Gasteiger charge is -2.08. The standard InChI is InChI=1S/C20H20FNO3.C12H15N.C8H6FIO3.CH4/c1-12(2)22-11-13-4-6-14(7-5-13)18-9-15-8-16(21)10-17(19(15)25-18)20(23)24-3;1-4-11-5-7-12(8-6-11)9-13-10(2)3;1-13-8(12)5-2-4(9)3-6(10)7(5)11;/h4-10,12,22H,11H2,1-3H3;1,5-8,10,13H,9H2,2-3H3;2-3,11H,1H3;1H4. The fourth-order valence-electron chi connectivity index (χ4n) is 4.50. The van der Waals surface area contributed by atoms with Crippen molar-refractivity contribution in [2.24, 2.45) is 0 Å². The molecule has 276 valence electrons. The van der Waals surface area contributed by atoms with Crippen molar-refractivity contribution in [1.29, 1.82) is 0 Å². The summed E-state index contributed by atoms with van der Waals surface area (Å²) in [5.41, 5.74) is 4.48. The lowest BCUT2D eigenvalue weighted by atomic mass is 10.1. The smallest absolute Gasteiger partial charge is 0.341 e. The molecule has 0 saturated carbocycles. The Labute approximate surface area is 318 Å². The zero-order valence-corrected chi connectivity index (χ0v) is 31.4. The van der Waals surface area contributed by atoms with Gasteiger partial charge in [-0.1, -0.05) is 77.4 Å². The van der Waals surface area contributed by atoms with Crippen LogP contribution >= 0.6 is 22.6 Å². The summed E-state index contributed by atoms with van der Waals surface area (Å²) >= 11 is 1.73. The molecule has 4 aromatic carbocycles. The summed E-state index contributed by atoms with van der Waals surface area (Å²) in [5.74, 6) is 0.456. The fourth-order valence-corrected chi connectivity index (χ4v) is 5.09. The van der Waals surface area contributed by atoms with Crippen molar-refractivity contribution in [3.8, 4) is 29.4 Å². The minimum Gasteiger partial charge on any atom is -0.506 e. The van der Waals surface area contributed by atoms with Crippen LogP contribution in [-0.4, -0.2) is 43.3 Å². The van der Waals surface area contributed by atoms with Gasteiger partial charge in [-0.25, -0.2) is 18.4 Å². The van der Waals surface area contributed by atoms with Crippen molar-refractivity contribution >= 4 is 45.5 Å². The van der Waals surface area contributed by atoms with Gasteiger partial charge in [0.05, 0.1) is 17.8 Å². The lowest BCUT2D eigenvalue weighted by Crippen LogP contribution is -2.21. The summed E-state index contributed by atoms with van der Waals surface area (Å²) < 4.78 is 41.7. The van der Waals surface area contributed by atoms with Crippen LogP contribution in [0.15, 0.2) is 83.3 Å². The van der Waals surface area contributed by atoms with Gasteiger partial charge in [0.25, 0.3) is 0 Å². The van der Waals surface area contributed by atoms with Crippen LogP contribution in [0.2, 0.25) is 0 Å². The van der Waals surface area contributed by atoms with Gasteiger partial charge >= 0.3 is 11.9 Å². The van der Waals surface area contributed by atoms with Gasteiger partial charge in [0.1, 0.15) is 39.9 Å². The van der Waals surface area contributed by atoms with Gasteiger partial charge in [0.2, 0.25) is 0 Å². The number of rotatable bonds is 9. The molecule has 0 bridgehead atoms. The predicted molar refractivity (Wildman–Crippen MR) is 210 cm³/mol. The van der Waals surface area contributed by atoms with Crippen LogP contribution in [0.5, 0.6) is 5.75 Å². The second-order valence-electron chi connectivity index (χ2n) is 11.9. The molecule has 8 nitrogen and oxygen atoms in total. The molecule has 0 amide bonds. The van der Waals surface area contributed by atoms with Gasteiger partial charge in [0.15, 0.2) is 0 Å². The minimum absolute atomic E-state index is 0. The van der Waals surface area contributed by atoms with Crippen molar-refractivity contribution in [3.63, 3.8) is 0 Å². The molecule has 1 heterocycles. The quantitative estimate of drug-likeness (QED) is 0.0767. The number of hydrogen-bond donors (Lipinski definition) is 3.